The van der Waals surface area contributed by atoms with Crippen molar-refractivity contribution in [1.29, 1.82) is 0 Å². The molecule has 0 amide bonds. The molecule has 2 bridgehead atoms. The van der Waals surface area contributed by atoms with Gasteiger partial charge in [-0.3, -0.25) is 4.90 Å². The first-order valence-corrected chi connectivity index (χ1v) is 10.3. The predicted octanol–water partition coefficient (Wildman–Crippen LogP) is 3.10. The summed E-state index contributed by atoms with van der Waals surface area (Å²) < 4.78 is 10.8. The summed E-state index contributed by atoms with van der Waals surface area (Å²) in [5.41, 5.74) is 4.84. The van der Waals surface area contributed by atoms with E-state index in [9.17, 15) is 0 Å². The molecule has 0 spiro atoms. The van der Waals surface area contributed by atoms with Gasteiger partial charge in [0.2, 0.25) is 0 Å². The highest BCUT2D eigenvalue weighted by atomic mass is 16.5. The van der Waals surface area contributed by atoms with E-state index in [1.165, 1.54) is 11.1 Å². The number of nitrogens with zero attached hydrogens (tertiary/aromatic N) is 3. The van der Waals surface area contributed by atoms with Crippen LogP contribution in [0.3, 0.4) is 0 Å². The molecule has 1 N–H and O–H groups in total. The summed E-state index contributed by atoms with van der Waals surface area (Å²) in [5.74, 6) is 2.25. The number of hydrogen-bond donors (Lipinski definition) is 1. The molecular weight excluding hydrogens is 376 g/mol. The standard InChI is InChI=1S/C24H26N4O2/c1-29-20-7-16(8-21(9-20)30-2)12-28-13-22-24(23(14-28)27-22)18-5-3-17(4-6-18)19-10-25-15-26-11-19/h3-11,15,22-24,27H,12-14H2,1-2H3/t22-,23+,24?. The number of fused-ring (bicyclic) bond motifs is 2. The lowest BCUT2D eigenvalue weighted by molar-refractivity contribution is 0.0470. The lowest BCUT2D eigenvalue weighted by Gasteiger charge is -2.55. The third kappa shape index (κ3) is 3.64. The molecule has 3 aliphatic heterocycles. The molecule has 30 heavy (non-hydrogen) atoms. The lowest BCUT2D eigenvalue weighted by Crippen LogP contribution is -2.71. The van der Waals surface area contributed by atoms with Crippen LogP contribution in [-0.2, 0) is 6.54 Å². The van der Waals surface area contributed by atoms with E-state index in [4.69, 9.17) is 9.47 Å². The second-order valence-corrected chi connectivity index (χ2v) is 8.07. The Labute approximate surface area is 176 Å². The van der Waals surface area contributed by atoms with Gasteiger partial charge in [0, 0.05) is 61.7 Å². The first kappa shape index (κ1) is 19.0. The van der Waals surface area contributed by atoms with Crippen LogP contribution in [0, 0.1) is 0 Å². The maximum Gasteiger partial charge on any atom is 0.122 e. The van der Waals surface area contributed by atoms with Crippen LogP contribution in [0.5, 0.6) is 11.5 Å². The molecule has 3 saturated heterocycles. The van der Waals surface area contributed by atoms with Crippen molar-refractivity contribution < 1.29 is 9.47 Å². The van der Waals surface area contributed by atoms with E-state index in [0.717, 1.165) is 42.3 Å². The molecule has 3 aromatic rings. The summed E-state index contributed by atoms with van der Waals surface area (Å²) in [6, 6.07) is 16.0. The zero-order valence-corrected chi connectivity index (χ0v) is 17.3. The number of hydrogen-bond acceptors (Lipinski definition) is 6. The molecule has 1 unspecified atom stereocenters. The van der Waals surface area contributed by atoms with Gasteiger partial charge in [-0.1, -0.05) is 24.3 Å². The van der Waals surface area contributed by atoms with Crippen LogP contribution in [0.1, 0.15) is 17.0 Å². The Balaban J connectivity index is 1.25. The van der Waals surface area contributed by atoms with E-state index < -0.39 is 0 Å². The molecule has 2 aromatic carbocycles. The van der Waals surface area contributed by atoms with Crippen molar-refractivity contribution in [3.05, 3.63) is 72.3 Å². The van der Waals surface area contributed by atoms with Crippen LogP contribution in [0.25, 0.3) is 11.1 Å². The zero-order valence-electron chi connectivity index (χ0n) is 17.3. The number of aromatic nitrogens is 2. The SMILES string of the molecule is COc1cc(CN2C[C@@H]3N[C@H](C2)C3c2ccc(-c3cncnc3)cc2)cc(OC)c1. The summed E-state index contributed by atoms with van der Waals surface area (Å²) in [7, 11) is 3.39. The van der Waals surface area contributed by atoms with Gasteiger partial charge in [-0.2, -0.15) is 0 Å². The maximum atomic E-state index is 5.41. The minimum absolute atomic E-state index is 0.488. The van der Waals surface area contributed by atoms with E-state index in [1.54, 1.807) is 20.5 Å². The summed E-state index contributed by atoms with van der Waals surface area (Å²) in [6.07, 6.45) is 5.27. The smallest absolute Gasteiger partial charge is 0.122 e. The minimum atomic E-state index is 0.488. The van der Waals surface area contributed by atoms with Gasteiger partial charge in [0.15, 0.2) is 0 Å². The molecule has 3 aliphatic rings. The fourth-order valence-corrected chi connectivity index (χ4v) is 4.76. The molecule has 0 saturated carbocycles. The average Bonchev–Trinajstić information content (AvgIpc) is 2.80. The van der Waals surface area contributed by atoms with E-state index in [-0.39, 0.29) is 0 Å². The third-order valence-electron chi connectivity index (χ3n) is 6.21. The van der Waals surface area contributed by atoms with Gasteiger partial charge in [0.05, 0.1) is 14.2 Å². The van der Waals surface area contributed by atoms with E-state index in [1.807, 2.05) is 18.5 Å². The number of ether oxygens (including phenoxy) is 2. The Hall–Kier alpha value is -2.96. The first-order chi connectivity index (χ1) is 14.7. The van der Waals surface area contributed by atoms with Crippen molar-refractivity contribution >= 4 is 0 Å². The van der Waals surface area contributed by atoms with Gasteiger partial charge >= 0.3 is 0 Å². The second kappa shape index (κ2) is 8.05. The van der Waals surface area contributed by atoms with Gasteiger partial charge in [0.25, 0.3) is 0 Å². The molecule has 6 heteroatoms. The van der Waals surface area contributed by atoms with Crippen LogP contribution >= 0.6 is 0 Å². The molecule has 6 rings (SSSR count). The Morgan fingerprint density at radius 3 is 2.13 bits per heavy atom. The van der Waals surface area contributed by atoms with Crippen molar-refractivity contribution in [3.8, 4) is 22.6 Å². The van der Waals surface area contributed by atoms with E-state index >= 15 is 0 Å². The highest BCUT2D eigenvalue weighted by molar-refractivity contribution is 5.61. The first-order valence-electron chi connectivity index (χ1n) is 10.3. The van der Waals surface area contributed by atoms with Gasteiger partial charge in [-0.05, 0) is 28.8 Å². The zero-order chi connectivity index (χ0) is 20.5. The second-order valence-electron chi connectivity index (χ2n) is 8.07. The molecule has 4 heterocycles. The van der Waals surface area contributed by atoms with Gasteiger partial charge < -0.3 is 14.8 Å². The summed E-state index contributed by atoms with van der Waals surface area (Å²) in [5, 5.41) is 3.72. The highest BCUT2D eigenvalue weighted by Crippen LogP contribution is 2.38. The van der Waals surface area contributed by atoms with Crippen molar-refractivity contribution in [2.24, 2.45) is 0 Å². The Morgan fingerprint density at radius 2 is 1.53 bits per heavy atom. The van der Waals surface area contributed by atoms with Crippen LogP contribution in [0.15, 0.2) is 61.2 Å². The lowest BCUT2D eigenvalue weighted by atomic mass is 9.74. The summed E-state index contributed by atoms with van der Waals surface area (Å²) in [4.78, 5) is 10.7. The van der Waals surface area contributed by atoms with E-state index in [0.29, 0.717) is 18.0 Å². The Morgan fingerprint density at radius 1 is 0.900 bits per heavy atom. The average molecular weight is 402 g/mol. The fraction of sp³-hybridized carbons (Fsp3) is 0.333. The number of piperazine rings is 1. The van der Waals surface area contributed by atoms with Crippen LogP contribution in [0.2, 0.25) is 0 Å². The third-order valence-corrected chi connectivity index (χ3v) is 6.21. The number of rotatable bonds is 6. The Bertz CT molecular complexity index is 975. The highest BCUT2D eigenvalue weighted by Gasteiger charge is 2.46. The van der Waals surface area contributed by atoms with Gasteiger partial charge in [-0.25, -0.2) is 9.97 Å². The van der Waals surface area contributed by atoms with Crippen LogP contribution < -0.4 is 14.8 Å². The number of benzene rings is 2. The van der Waals surface area contributed by atoms with Gasteiger partial charge in [-0.15, -0.1) is 0 Å². The van der Waals surface area contributed by atoms with Gasteiger partial charge in [0.1, 0.15) is 17.8 Å². The molecule has 6 nitrogen and oxygen atoms in total. The fourth-order valence-electron chi connectivity index (χ4n) is 4.76. The normalized spacial score (nSPS) is 22.9. The molecular formula is C24H26N4O2. The quantitative estimate of drug-likeness (QED) is 0.684. The van der Waals surface area contributed by atoms with E-state index in [2.05, 4.69) is 56.6 Å². The summed E-state index contributed by atoms with van der Waals surface area (Å²) in [6.45, 7) is 2.98. The number of nitrogens with one attached hydrogen (secondary N) is 1. The van der Waals surface area contributed by atoms with Crippen molar-refractivity contribution in [3.63, 3.8) is 0 Å². The molecule has 154 valence electrons. The predicted molar refractivity (Wildman–Crippen MR) is 116 cm³/mol. The number of methoxy groups -OCH3 is 2. The van der Waals surface area contributed by atoms with Crippen LogP contribution in [0.4, 0.5) is 0 Å². The molecule has 3 fully saturated rings. The summed E-state index contributed by atoms with van der Waals surface area (Å²) >= 11 is 0. The van der Waals surface area contributed by atoms with Crippen molar-refractivity contribution in [2.75, 3.05) is 27.3 Å². The van der Waals surface area contributed by atoms with Crippen molar-refractivity contribution in [2.45, 2.75) is 24.5 Å². The van der Waals surface area contributed by atoms with Crippen LogP contribution in [-0.4, -0.2) is 54.3 Å². The van der Waals surface area contributed by atoms with Crippen molar-refractivity contribution in [1.82, 2.24) is 20.2 Å². The monoisotopic (exact) mass is 402 g/mol. The minimum Gasteiger partial charge on any atom is -0.497 e. The molecule has 0 aliphatic carbocycles. The molecule has 3 atom stereocenters. The Kier molecular flexibility index (Phi) is 5.11. The number of piperidine rings is 1. The topological polar surface area (TPSA) is 59.5 Å². The molecule has 0 radical (unpaired) electrons. The largest absolute Gasteiger partial charge is 0.497 e. The molecule has 1 aromatic heterocycles. The maximum absolute atomic E-state index is 5.41.